The quantitative estimate of drug-likeness (QED) is 0.433. The van der Waals surface area contributed by atoms with Crippen LogP contribution in [0.15, 0.2) is 47.9 Å². The first kappa shape index (κ1) is 19.9. The van der Waals surface area contributed by atoms with Gasteiger partial charge in [-0.1, -0.05) is 0 Å². The van der Waals surface area contributed by atoms with Crippen LogP contribution in [0.25, 0.3) is 38.8 Å². The highest BCUT2D eigenvalue weighted by Crippen LogP contribution is 2.36. The van der Waals surface area contributed by atoms with E-state index in [1.165, 1.54) is 9.13 Å². The molecule has 32 heavy (non-hydrogen) atoms. The summed E-state index contributed by atoms with van der Waals surface area (Å²) in [6.45, 7) is 4.48. The maximum absolute atomic E-state index is 14.9. The van der Waals surface area contributed by atoms with E-state index in [4.69, 9.17) is 4.74 Å². The Morgan fingerprint density at radius 1 is 1.16 bits per heavy atom. The second-order valence-electron chi connectivity index (χ2n) is 7.61. The maximum Gasteiger partial charge on any atom is 0.333 e. The zero-order valence-corrected chi connectivity index (χ0v) is 18.1. The van der Waals surface area contributed by atoms with E-state index < -0.39 is 5.82 Å². The van der Waals surface area contributed by atoms with E-state index in [1.807, 2.05) is 29.9 Å². The van der Waals surface area contributed by atoms with Crippen LogP contribution in [0.4, 0.5) is 4.39 Å². The molecule has 0 N–H and O–H groups in total. The van der Waals surface area contributed by atoms with E-state index in [1.54, 1.807) is 39.7 Å². The molecular weight excluding hydrogens is 411 g/mol. The summed E-state index contributed by atoms with van der Waals surface area (Å²) in [4.78, 5) is 21.7. The molecule has 0 saturated heterocycles. The molecule has 0 radical (unpaired) electrons. The highest BCUT2D eigenvalue weighted by atomic mass is 19.1. The van der Waals surface area contributed by atoms with Crippen molar-refractivity contribution in [2.75, 3.05) is 7.11 Å². The fourth-order valence-corrected chi connectivity index (χ4v) is 4.11. The van der Waals surface area contributed by atoms with Crippen LogP contribution in [0.2, 0.25) is 0 Å². The number of imidazole rings is 1. The molecule has 8 nitrogen and oxygen atoms in total. The molecule has 0 unspecified atom stereocenters. The van der Waals surface area contributed by atoms with E-state index >= 15 is 0 Å². The third-order valence-corrected chi connectivity index (χ3v) is 5.75. The van der Waals surface area contributed by atoms with Crippen LogP contribution in [-0.2, 0) is 13.6 Å². The summed E-state index contributed by atoms with van der Waals surface area (Å²) in [5.74, 6) is 0.0682. The third kappa shape index (κ3) is 2.81. The largest absolute Gasteiger partial charge is 0.496 e. The van der Waals surface area contributed by atoms with E-state index in [0.29, 0.717) is 33.2 Å². The van der Waals surface area contributed by atoms with E-state index in [2.05, 4.69) is 15.1 Å². The number of aromatic nitrogens is 6. The van der Waals surface area contributed by atoms with Gasteiger partial charge in [0.15, 0.2) is 5.82 Å². The van der Waals surface area contributed by atoms with Crippen molar-refractivity contribution in [3.05, 3.63) is 65.0 Å². The van der Waals surface area contributed by atoms with Crippen LogP contribution in [0.1, 0.15) is 12.5 Å². The number of hydrogen-bond acceptors (Lipinski definition) is 5. The molecule has 0 atom stereocenters. The SMILES string of the molecule is CCn1cc(-c2cc3c(cc2OC)ncc2c3n(-c3c(C)cncc3F)c(=O)n2C)cn1. The molecule has 0 spiro atoms. The van der Waals surface area contributed by atoms with Gasteiger partial charge in [-0.15, -0.1) is 0 Å². The Kier molecular flexibility index (Phi) is 4.54. The van der Waals surface area contributed by atoms with Crippen molar-refractivity contribution in [3.8, 4) is 22.6 Å². The van der Waals surface area contributed by atoms with Gasteiger partial charge in [0.25, 0.3) is 0 Å². The van der Waals surface area contributed by atoms with Gasteiger partial charge in [-0.3, -0.25) is 23.8 Å². The monoisotopic (exact) mass is 432 g/mol. The lowest BCUT2D eigenvalue weighted by Crippen LogP contribution is -2.22. The number of halogens is 1. The summed E-state index contributed by atoms with van der Waals surface area (Å²) >= 11 is 0. The molecule has 0 fully saturated rings. The van der Waals surface area contributed by atoms with Crippen LogP contribution in [0.3, 0.4) is 0 Å². The number of rotatable bonds is 4. The minimum Gasteiger partial charge on any atom is -0.496 e. The summed E-state index contributed by atoms with van der Waals surface area (Å²) in [6, 6.07) is 3.75. The van der Waals surface area contributed by atoms with Crippen molar-refractivity contribution in [1.82, 2.24) is 28.9 Å². The lowest BCUT2D eigenvalue weighted by Gasteiger charge is -2.12. The van der Waals surface area contributed by atoms with Crippen LogP contribution >= 0.6 is 0 Å². The Morgan fingerprint density at radius 3 is 2.66 bits per heavy atom. The average molecular weight is 432 g/mol. The molecule has 1 aromatic carbocycles. The molecule has 0 saturated carbocycles. The number of fused-ring (bicyclic) bond motifs is 3. The third-order valence-electron chi connectivity index (χ3n) is 5.75. The fourth-order valence-electron chi connectivity index (χ4n) is 4.11. The van der Waals surface area contributed by atoms with Gasteiger partial charge in [0.05, 0.1) is 47.9 Å². The Labute approximate surface area is 182 Å². The van der Waals surface area contributed by atoms with Gasteiger partial charge in [-0.2, -0.15) is 5.10 Å². The summed E-state index contributed by atoms with van der Waals surface area (Å²) in [7, 11) is 3.25. The first-order valence-electron chi connectivity index (χ1n) is 10.2. The molecule has 9 heteroatoms. The average Bonchev–Trinajstić information content (AvgIpc) is 3.37. The van der Waals surface area contributed by atoms with Gasteiger partial charge < -0.3 is 4.74 Å². The lowest BCUT2D eigenvalue weighted by atomic mass is 10.0. The topological polar surface area (TPSA) is 79.8 Å². The fraction of sp³-hybridized carbons (Fsp3) is 0.217. The zero-order chi connectivity index (χ0) is 22.6. The summed E-state index contributed by atoms with van der Waals surface area (Å²) in [5.41, 5.74) is 3.86. The molecule has 0 amide bonds. The van der Waals surface area contributed by atoms with Gasteiger partial charge in [0.2, 0.25) is 0 Å². The van der Waals surface area contributed by atoms with Crippen molar-refractivity contribution in [2.24, 2.45) is 7.05 Å². The van der Waals surface area contributed by atoms with Gasteiger partial charge >= 0.3 is 5.69 Å². The number of hydrogen-bond donors (Lipinski definition) is 0. The van der Waals surface area contributed by atoms with Crippen molar-refractivity contribution < 1.29 is 9.13 Å². The van der Waals surface area contributed by atoms with E-state index in [0.717, 1.165) is 23.9 Å². The maximum atomic E-state index is 14.9. The summed E-state index contributed by atoms with van der Waals surface area (Å²) in [6.07, 6.45) is 7.98. The smallest absolute Gasteiger partial charge is 0.333 e. The van der Waals surface area contributed by atoms with Gasteiger partial charge in [-0.05, 0) is 25.5 Å². The zero-order valence-electron chi connectivity index (χ0n) is 18.1. The molecule has 162 valence electrons. The van der Waals surface area contributed by atoms with Crippen molar-refractivity contribution in [2.45, 2.75) is 20.4 Å². The first-order chi connectivity index (χ1) is 15.4. The van der Waals surface area contributed by atoms with Crippen LogP contribution < -0.4 is 10.4 Å². The predicted octanol–water partition coefficient (Wildman–Crippen LogP) is 3.61. The molecule has 0 aliphatic rings. The summed E-state index contributed by atoms with van der Waals surface area (Å²) < 4.78 is 25.2. The Bertz CT molecular complexity index is 1540. The van der Waals surface area contributed by atoms with Crippen LogP contribution in [-0.4, -0.2) is 36.0 Å². The molecule has 0 aliphatic carbocycles. The number of ether oxygens (including phenoxy) is 1. The van der Waals surface area contributed by atoms with Gasteiger partial charge in [0.1, 0.15) is 5.75 Å². The Morgan fingerprint density at radius 2 is 1.97 bits per heavy atom. The number of pyridine rings is 2. The normalized spacial score (nSPS) is 11.5. The molecule has 4 aromatic heterocycles. The Balaban J connectivity index is 1.93. The number of nitrogens with zero attached hydrogens (tertiary/aromatic N) is 6. The molecule has 5 rings (SSSR count). The van der Waals surface area contributed by atoms with E-state index in [9.17, 15) is 9.18 Å². The van der Waals surface area contributed by atoms with E-state index in [-0.39, 0.29) is 11.4 Å². The standard InChI is InChI=1S/C23H21FN6O2/c1-5-29-12-14(9-27-29)15-6-16-18(7-20(15)32-4)26-11-19-22(16)30(23(31)28(19)3)21-13(2)8-25-10-17(21)24/h6-12H,5H2,1-4H3. The predicted molar refractivity (Wildman–Crippen MR) is 120 cm³/mol. The number of aryl methyl sites for hydroxylation is 3. The van der Waals surface area contributed by atoms with Crippen LogP contribution in [0.5, 0.6) is 5.75 Å². The summed E-state index contributed by atoms with van der Waals surface area (Å²) in [5, 5.41) is 5.07. The molecular formula is C23H21FN6O2. The second kappa shape index (κ2) is 7.30. The lowest BCUT2D eigenvalue weighted by molar-refractivity contribution is 0.417. The second-order valence-corrected chi connectivity index (χ2v) is 7.61. The molecule has 4 heterocycles. The van der Waals surface area contributed by atoms with Gasteiger partial charge in [-0.25, -0.2) is 9.18 Å². The minimum absolute atomic E-state index is 0.180. The highest BCUT2D eigenvalue weighted by Gasteiger charge is 2.21. The molecule has 0 bridgehead atoms. The van der Waals surface area contributed by atoms with Crippen LogP contribution in [0, 0.1) is 12.7 Å². The Hall–Kier alpha value is -4.01. The number of methoxy groups -OCH3 is 1. The van der Waals surface area contributed by atoms with Crippen molar-refractivity contribution >= 4 is 21.9 Å². The van der Waals surface area contributed by atoms with Gasteiger partial charge in [0, 0.05) is 48.6 Å². The molecule has 0 aliphatic heterocycles. The highest BCUT2D eigenvalue weighted by molar-refractivity contribution is 6.05. The first-order valence-corrected chi connectivity index (χ1v) is 10.2. The number of benzene rings is 1. The molecule has 5 aromatic rings. The van der Waals surface area contributed by atoms with Crippen molar-refractivity contribution in [1.29, 1.82) is 0 Å². The van der Waals surface area contributed by atoms with Crippen molar-refractivity contribution in [3.63, 3.8) is 0 Å². The minimum atomic E-state index is -0.567.